The molecule has 1 saturated carbocycles. The average molecular weight is 295 g/mol. The van der Waals surface area contributed by atoms with Crippen LogP contribution in [0.3, 0.4) is 0 Å². The summed E-state index contributed by atoms with van der Waals surface area (Å²) in [6, 6.07) is -0.550. The minimum atomic E-state index is -0.863. The van der Waals surface area contributed by atoms with Crippen LogP contribution >= 0.6 is 0 Å². The standard InChI is InChI=1S/C16H25NO4/c1-10-8-9-21-14(10)15(18)17-12-5-3-2-4-11(12)6-7-13(17)16(19)20/h10-14H,2-9H2,1H3,(H,19,20). The maximum absolute atomic E-state index is 12.9. The van der Waals surface area contributed by atoms with Gasteiger partial charge in [-0.05, 0) is 43.9 Å². The average Bonchev–Trinajstić information content (AvgIpc) is 2.91. The van der Waals surface area contributed by atoms with Crippen LogP contribution in [0.4, 0.5) is 0 Å². The number of amides is 1. The largest absolute Gasteiger partial charge is 0.480 e. The van der Waals surface area contributed by atoms with Gasteiger partial charge in [-0.3, -0.25) is 4.79 Å². The zero-order chi connectivity index (χ0) is 15.0. The van der Waals surface area contributed by atoms with Crippen LogP contribution in [-0.2, 0) is 14.3 Å². The number of hydrogen-bond donors (Lipinski definition) is 1. The van der Waals surface area contributed by atoms with Gasteiger partial charge in [-0.1, -0.05) is 19.8 Å². The number of fused-ring (bicyclic) bond motifs is 1. The predicted molar refractivity (Wildman–Crippen MR) is 76.8 cm³/mol. The highest BCUT2D eigenvalue weighted by molar-refractivity contribution is 5.87. The van der Waals surface area contributed by atoms with Gasteiger partial charge in [0.25, 0.3) is 5.91 Å². The first-order valence-corrected chi connectivity index (χ1v) is 8.26. The van der Waals surface area contributed by atoms with E-state index in [-0.39, 0.29) is 17.9 Å². The van der Waals surface area contributed by atoms with Crippen LogP contribution in [0, 0.1) is 11.8 Å². The van der Waals surface area contributed by atoms with Gasteiger partial charge in [0.15, 0.2) is 0 Å². The van der Waals surface area contributed by atoms with E-state index >= 15 is 0 Å². The number of rotatable bonds is 2. The van der Waals surface area contributed by atoms with Crippen molar-refractivity contribution in [2.45, 2.75) is 70.1 Å². The molecule has 3 rings (SSSR count). The quantitative estimate of drug-likeness (QED) is 0.846. The molecule has 3 fully saturated rings. The first kappa shape index (κ1) is 14.8. The summed E-state index contributed by atoms with van der Waals surface area (Å²) >= 11 is 0. The molecular formula is C16H25NO4. The summed E-state index contributed by atoms with van der Waals surface area (Å²) in [6.07, 6.45) is 6.34. The van der Waals surface area contributed by atoms with Gasteiger partial charge in [-0.15, -0.1) is 0 Å². The van der Waals surface area contributed by atoms with Crippen LogP contribution < -0.4 is 0 Å². The smallest absolute Gasteiger partial charge is 0.326 e. The van der Waals surface area contributed by atoms with Gasteiger partial charge in [0.2, 0.25) is 0 Å². The molecule has 0 aromatic carbocycles. The van der Waals surface area contributed by atoms with Crippen molar-refractivity contribution in [1.29, 1.82) is 0 Å². The van der Waals surface area contributed by atoms with Crippen molar-refractivity contribution in [3.05, 3.63) is 0 Å². The molecule has 118 valence electrons. The van der Waals surface area contributed by atoms with Crippen LogP contribution in [0.1, 0.15) is 51.9 Å². The lowest BCUT2D eigenvalue weighted by molar-refractivity contribution is -0.164. The van der Waals surface area contributed by atoms with E-state index in [4.69, 9.17) is 4.74 Å². The van der Waals surface area contributed by atoms with E-state index in [9.17, 15) is 14.7 Å². The van der Waals surface area contributed by atoms with E-state index in [0.29, 0.717) is 18.9 Å². The zero-order valence-corrected chi connectivity index (χ0v) is 12.7. The third-order valence-electron chi connectivity index (χ3n) is 5.54. The van der Waals surface area contributed by atoms with E-state index in [0.717, 1.165) is 32.1 Å². The minimum Gasteiger partial charge on any atom is -0.480 e. The van der Waals surface area contributed by atoms with Crippen LogP contribution in [0.5, 0.6) is 0 Å². The Hall–Kier alpha value is -1.10. The number of carbonyl (C=O) groups is 2. The fourth-order valence-electron chi connectivity index (χ4n) is 4.35. The Balaban J connectivity index is 1.85. The second-order valence-electron chi connectivity index (χ2n) is 6.85. The maximum Gasteiger partial charge on any atom is 0.326 e. The van der Waals surface area contributed by atoms with Crippen molar-refractivity contribution in [1.82, 2.24) is 4.90 Å². The number of nitrogens with zero attached hydrogens (tertiary/aromatic N) is 1. The van der Waals surface area contributed by atoms with Crippen molar-refractivity contribution in [3.63, 3.8) is 0 Å². The Labute approximate surface area is 125 Å². The molecule has 2 heterocycles. The molecular weight excluding hydrogens is 270 g/mol. The second kappa shape index (κ2) is 5.95. The maximum atomic E-state index is 12.9. The van der Waals surface area contributed by atoms with Gasteiger partial charge in [0.1, 0.15) is 12.1 Å². The number of piperidine rings is 1. The third kappa shape index (κ3) is 2.68. The van der Waals surface area contributed by atoms with E-state index in [1.807, 2.05) is 6.92 Å². The van der Waals surface area contributed by atoms with Crippen LogP contribution in [-0.4, -0.2) is 46.7 Å². The van der Waals surface area contributed by atoms with E-state index < -0.39 is 18.1 Å². The highest BCUT2D eigenvalue weighted by Crippen LogP contribution is 2.39. The van der Waals surface area contributed by atoms with Gasteiger partial charge in [0, 0.05) is 12.6 Å². The summed E-state index contributed by atoms with van der Waals surface area (Å²) in [5.74, 6) is -0.270. The van der Waals surface area contributed by atoms with Crippen molar-refractivity contribution < 1.29 is 19.4 Å². The molecule has 0 radical (unpaired) electrons. The number of carbonyl (C=O) groups excluding carboxylic acids is 1. The Kier molecular flexibility index (Phi) is 4.20. The molecule has 0 aromatic heterocycles. The van der Waals surface area contributed by atoms with Gasteiger partial charge in [-0.25, -0.2) is 4.79 Å². The summed E-state index contributed by atoms with van der Waals surface area (Å²) in [4.78, 5) is 26.2. The second-order valence-corrected chi connectivity index (χ2v) is 6.85. The molecule has 1 aliphatic carbocycles. The molecule has 21 heavy (non-hydrogen) atoms. The van der Waals surface area contributed by atoms with Gasteiger partial charge in [-0.2, -0.15) is 0 Å². The molecule has 1 N–H and O–H groups in total. The summed E-state index contributed by atoms with van der Waals surface area (Å²) in [6.45, 7) is 2.63. The van der Waals surface area contributed by atoms with Crippen LogP contribution in [0.25, 0.3) is 0 Å². The molecule has 3 aliphatic rings. The van der Waals surface area contributed by atoms with E-state index in [1.165, 1.54) is 6.42 Å². The Bertz CT molecular complexity index is 425. The van der Waals surface area contributed by atoms with Crippen molar-refractivity contribution in [2.75, 3.05) is 6.61 Å². The molecule has 0 aromatic rings. The fourth-order valence-corrected chi connectivity index (χ4v) is 4.35. The summed E-state index contributed by atoms with van der Waals surface area (Å²) in [7, 11) is 0. The monoisotopic (exact) mass is 295 g/mol. The first-order valence-electron chi connectivity index (χ1n) is 8.26. The van der Waals surface area contributed by atoms with Gasteiger partial charge >= 0.3 is 5.97 Å². The number of hydrogen-bond acceptors (Lipinski definition) is 3. The molecule has 2 aliphatic heterocycles. The van der Waals surface area contributed by atoms with Crippen molar-refractivity contribution >= 4 is 11.9 Å². The lowest BCUT2D eigenvalue weighted by Gasteiger charge is -2.48. The molecule has 5 nitrogen and oxygen atoms in total. The normalized spacial score (nSPS) is 39.9. The summed E-state index contributed by atoms with van der Waals surface area (Å²) < 4.78 is 5.60. The summed E-state index contributed by atoms with van der Waals surface area (Å²) in [5.41, 5.74) is 0. The third-order valence-corrected chi connectivity index (χ3v) is 5.54. The number of ether oxygens (including phenoxy) is 1. The van der Waals surface area contributed by atoms with Gasteiger partial charge in [0.05, 0.1) is 0 Å². The molecule has 5 atom stereocenters. The highest BCUT2D eigenvalue weighted by atomic mass is 16.5. The SMILES string of the molecule is CC1CCOC1C(=O)N1C(C(=O)O)CCC2CCCCC21. The molecule has 5 heteroatoms. The van der Waals surface area contributed by atoms with Crippen LogP contribution in [0.2, 0.25) is 0 Å². The molecule has 2 saturated heterocycles. The number of carboxylic acids is 1. The first-order chi connectivity index (χ1) is 10.1. The highest BCUT2D eigenvalue weighted by Gasteiger charge is 2.47. The minimum absolute atomic E-state index is 0.0796. The van der Waals surface area contributed by atoms with Crippen LogP contribution in [0.15, 0.2) is 0 Å². The molecule has 1 amide bonds. The molecule has 5 unspecified atom stereocenters. The van der Waals surface area contributed by atoms with Crippen molar-refractivity contribution in [3.8, 4) is 0 Å². The van der Waals surface area contributed by atoms with Gasteiger partial charge < -0.3 is 14.7 Å². The Morgan fingerprint density at radius 1 is 1.10 bits per heavy atom. The molecule has 0 bridgehead atoms. The predicted octanol–water partition coefficient (Wildman–Crippen LogP) is 2.05. The topological polar surface area (TPSA) is 66.8 Å². The fraction of sp³-hybridized carbons (Fsp3) is 0.875. The Morgan fingerprint density at radius 3 is 2.52 bits per heavy atom. The number of carboxylic acid groups (broad SMARTS) is 1. The zero-order valence-electron chi connectivity index (χ0n) is 12.7. The number of aliphatic carboxylic acids is 1. The van der Waals surface area contributed by atoms with E-state index in [2.05, 4.69) is 0 Å². The molecule has 0 spiro atoms. The summed E-state index contributed by atoms with van der Waals surface area (Å²) in [5, 5.41) is 9.52. The van der Waals surface area contributed by atoms with E-state index in [1.54, 1.807) is 4.90 Å². The Morgan fingerprint density at radius 2 is 1.86 bits per heavy atom. The lowest BCUT2D eigenvalue weighted by atomic mass is 9.76. The lowest BCUT2D eigenvalue weighted by Crippen LogP contribution is -2.60. The van der Waals surface area contributed by atoms with Crippen molar-refractivity contribution in [2.24, 2.45) is 11.8 Å². The number of likely N-dealkylation sites (tertiary alicyclic amines) is 1.